The third-order valence-electron chi connectivity index (χ3n) is 2.27. The zero-order valence-electron chi connectivity index (χ0n) is 10.7. The van der Waals surface area contributed by atoms with Gasteiger partial charge >= 0.3 is 0 Å². The molecule has 0 spiro atoms. The van der Waals surface area contributed by atoms with E-state index in [9.17, 15) is 0 Å². The Morgan fingerprint density at radius 1 is 1.13 bits per heavy atom. The molecule has 0 aliphatic heterocycles. The monoisotopic (exact) mass is 217 g/mol. The molecule has 0 amide bonds. The average Bonchev–Trinajstić information content (AvgIpc) is 2.23. The fourth-order valence-electron chi connectivity index (χ4n) is 1.49. The summed E-state index contributed by atoms with van der Waals surface area (Å²) in [6, 6.07) is 0.490. The van der Waals surface area contributed by atoms with Gasteiger partial charge in [0.05, 0.1) is 19.3 Å². The Labute approximate surface area is 94.5 Å². The van der Waals surface area contributed by atoms with Gasteiger partial charge < -0.3 is 14.8 Å². The fourth-order valence-corrected chi connectivity index (χ4v) is 1.49. The van der Waals surface area contributed by atoms with Crippen LogP contribution in [0.15, 0.2) is 0 Å². The first kappa shape index (κ1) is 14.9. The summed E-state index contributed by atoms with van der Waals surface area (Å²) in [7, 11) is 0. The van der Waals surface area contributed by atoms with Crippen LogP contribution in [0.3, 0.4) is 0 Å². The van der Waals surface area contributed by atoms with Crippen molar-refractivity contribution in [2.45, 2.75) is 52.7 Å². The van der Waals surface area contributed by atoms with E-state index in [-0.39, 0.29) is 6.10 Å². The molecule has 2 unspecified atom stereocenters. The van der Waals surface area contributed by atoms with Gasteiger partial charge in [-0.2, -0.15) is 0 Å². The minimum absolute atomic E-state index is 0.197. The molecular formula is C12H27NO2. The molecule has 0 fully saturated rings. The standard InChI is InChI=1S/C12H27NO2/c1-5-8-12(13-6-2)10-15-11(4)9-14-7-3/h11-13H,5-10H2,1-4H3. The molecule has 0 saturated carbocycles. The van der Waals surface area contributed by atoms with Crippen LogP contribution in [0.25, 0.3) is 0 Å². The molecule has 0 aromatic rings. The molecule has 0 bridgehead atoms. The summed E-state index contributed by atoms with van der Waals surface area (Å²) in [6.07, 6.45) is 2.57. The summed E-state index contributed by atoms with van der Waals surface area (Å²) in [6.45, 7) is 11.7. The summed E-state index contributed by atoms with van der Waals surface area (Å²) >= 11 is 0. The minimum Gasteiger partial charge on any atom is -0.379 e. The molecule has 0 aliphatic rings. The van der Waals surface area contributed by atoms with Crippen LogP contribution >= 0.6 is 0 Å². The largest absolute Gasteiger partial charge is 0.379 e. The maximum atomic E-state index is 5.72. The van der Waals surface area contributed by atoms with Crippen molar-refractivity contribution in [2.24, 2.45) is 0 Å². The van der Waals surface area contributed by atoms with E-state index in [0.717, 1.165) is 19.8 Å². The molecular weight excluding hydrogens is 190 g/mol. The van der Waals surface area contributed by atoms with E-state index in [1.807, 2.05) is 6.92 Å². The predicted molar refractivity (Wildman–Crippen MR) is 64.3 cm³/mol. The zero-order chi connectivity index (χ0) is 11.5. The van der Waals surface area contributed by atoms with Crippen molar-refractivity contribution in [3.8, 4) is 0 Å². The average molecular weight is 217 g/mol. The minimum atomic E-state index is 0.197. The van der Waals surface area contributed by atoms with Gasteiger partial charge in [-0.25, -0.2) is 0 Å². The van der Waals surface area contributed by atoms with E-state index in [2.05, 4.69) is 26.1 Å². The molecule has 3 heteroatoms. The Hall–Kier alpha value is -0.120. The fraction of sp³-hybridized carbons (Fsp3) is 1.00. The molecule has 92 valence electrons. The van der Waals surface area contributed by atoms with Crippen molar-refractivity contribution in [3.63, 3.8) is 0 Å². The molecule has 0 heterocycles. The highest BCUT2D eigenvalue weighted by molar-refractivity contribution is 4.65. The van der Waals surface area contributed by atoms with Crippen molar-refractivity contribution < 1.29 is 9.47 Å². The Morgan fingerprint density at radius 3 is 2.40 bits per heavy atom. The molecule has 2 atom stereocenters. The van der Waals surface area contributed by atoms with Crippen molar-refractivity contribution in [2.75, 3.05) is 26.4 Å². The number of hydrogen-bond donors (Lipinski definition) is 1. The number of likely N-dealkylation sites (N-methyl/N-ethyl adjacent to an activating group) is 1. The normalized spacial score (nSPS) is 15.2. The van der Waals surface area contributed by atoms with E-state index in [0.29, 0.717) is 12.6 Å². The van der Waals surface area contributed by atoms with Gasteiger partial charge in [0, 0.05) is 12.6 Å². The van der Waals surface area contributed by atoms with Gasteiger partial charge in [-0.15, -0.1) is 0 Å². The van der Waals surface area contributed by atoms with E-state index >= 15 is 0 Å². The summed E-state index contributed by atoms with van der Waals surface area (Å²) in [5.41, 5.74) is 0. The first-order valence-corrected chi connectivity index (χ1v) is 6.17. The highest BCUT2D eigenvalue weighted by Gasteiger charge is 2.09. The van der Waals surface area contributed by atoms with Gasteiger partial charge in [-0.3, -0.25) is 0 Å². The third kappa shape index (κ3) is 8.85. The molecule has 0 aliphatic carbocycles. The van der Waals surface area contributed by atoms with Crippen LogP contribution in [0.4, 0.5) is 0 Å². The molecule has 0 rings (SSSR count). The molecule has 15 heavy (non-hydrogen) atoms. The van der Waals surface area contributed by atoms with Crippen LogP contribution in [-0.4, -0.2) is 38.5 Å². The van der Waals surface area contributed by atoms with Crippen LogP contribution < -0.4 is 5.32 Å². The van der Waals surface area contributed by atoms with Gasteiger partial charge in [-0.05, 0) is 26.8 Å². The highest BCUT2D eigenvalue weighted by atomic mass is 16.5. The van der Waals surface area contributed by atoms with Crippen molar-refractivity contribution in [3.05, 3.63) is 0 Å². The van der Waals surface area contributed by atoms with E-state index in [1.165, 1.54) is 12.8 Å². The van der Waals surface area contributed by atoms with Crippen LogP contribution in [0.5, 0.6) is 0 Å². The molecule has 0 saturated heterocycles. The molecule has 1 N–H and O–H groups in total. The molecule has 0 aromatic carbocycles. The van der Waals surface area contributed by atoms with Gasteiger partial charge in [0.1, 0.15) is 0 Å². The van der Waals surface area contributed by atoms with Crippen molar-refractivity contribution in [1.82, 2.24) is 5.32 Å². The van der Waals surface area contributed by atoms with Crippen LogP contribution in [0, 0.1) is 0 Å². The van der Waals surface area contributed by atoms with Crippen LogP contribution in [0.1, 0.15) is 40.5 Å². The number of rotatable bonds is 10. The lowest BCUT2D eigenvalue weighted by Crippen LogP contribution is -2.35. The smallest absolute Gasteiger partial charge is 0.0781 e. The van der Waals surface area contributed by atoms with Crippen LogP contribution in [-0.2, 0) is 9.47 Å². The maximum Gasteiger partial charge on any atom is 0.0781 e. The third-order valence-corrected chi connectivity index (χ3v) is 2.27. The Morgan fingerprint density at radius 2 is 1.87 bits per heavy atom. The quantitative estimate of drug-likeness (QED) is 0.608. The lowest BCUT2D eigenvalue weighted by Gasteiger charge is -2.20. The van der Waals surface area contributed by atoms with Gasteiger partial charge in [0.25, 0.3) is 0 Å². The molecule has 0 aromatic heterocycles. The van der Waals surface area contributed by atoms with Crippen LogP contribution in [0.2, 0.25) is 0 Å². The summed E-state index contributed by atoms with van der Waals surface area (Å²) in [5, 5.41) is 3.43. The Balaban J connectivity index is 3.57. The van der Waals surface area contributed by atoms with Crippen molar-refractivity contribution >= 4 is 0 Å². The van der Waals surface area contributed by atoms with Gasteiger partial charge in [0.2, 0.25) is 0 Å². The maximum absolute atomic E-state index is 5.72. The second-order valence-electron chi connectivity index (χ2n) is 3.85. The lowest BCUT2D eigenvalue weighted by atomic mass is 10.2. The lowest BCUT2D eigenvalue weighted by molar-refractivity contribution is -0.0120. The number of ether oxygens (including phenoxy) is 2. The summed E-state index contributed by atoms with van der Waals surface area (Å²) < 4.78 is 11.0. The Bertz CT molecular complexity index is 125. The zero-order valence-corrected chi connectivity index (χ0v) is 10.7. The summed E-state index contributed by atoms with van der Waals surface area (Å²) in [5.74, 6) is 0. The Kier molecular flexibility index (Phi) is 10.3. The van der Waals surface area contributed by atoms with E-state index < -0.39 is 0 Å². The summed E-state index contributed by atoms with van der Waals surface area (Å²) in [4.78, 5) is 0. The first-order chi connectivity index (χ1) is 7.24. The highest BCUT2D eigenvalue weighted by Crippen LogP contribution is 2.00. The number of hydrogen-bond acceptors (Lipinski definition) is 3. The van der Waals surface area contributed by atoms with Gasteiger partial charge in [0.15, 0.2) is 0 Å². The second-order valence-corrected chi connectivity index (χ2v) is 3.85. The van der Waals surface area contributed by atoms with Crippen molar-refractivity contribution in [1.29, 1.82) is 0 Å². The topological polar surface area (TPSA) is 30.5 Å². The molecule has 0 radical (unpaired) electrons. The SMILES string of the molecule is CCCC(COC(C)COCC)NCC. The second kappa shape index (κ2) is 10.4. The van der Waals surface area contributed by atoms with Gasteiger partial charge in [-0.1, -0.05) is 20.3 Å². The predicted octanol–water partition coefficient (Wildman–Crippen LogP) is 2.21. The first-order valence-electron chi connectivity index (χ1n) is 6.17. The molecule has 3 nitrogen and oxygen atoms in total. The van der Waals surface area contributed by atoms with E-state index in [1.54, 1.807) is 0 Å². The number of nitrogens with one attached hydrogen (secondary N) is 1. The van der Waals surface area contributed by atoms with E-state index in [4.69, 9.17) is 9.47 Å².